The van der Waals surface area contributed by atoms with Gasteiger partial charge in [0, 0.05) is 23.4 Å². The molecule has 0 saturated heterocycles. The summed E-state index contributed by atoms with van der Waals surface area (Å²) in [6.07, 6.45) is 0.326. The molecular formula is C12H14ClF2N. The van der Waals surface area contributed by atoms with Crippen molar-refractivity contribution in [1.82, 2.24) is 0 Å². The average Bonchev–Trinajstić information content (AvgIpc) is 2.23. The molecule has 1 nitrogen and oxygen atoms in total. The van der Waals surface area contributed by atoms with E-state index in [0.717, 1.165) is 5.56 Å². The van der Waals surface area contributed by atoms with Gasteiger partial charge in [-0.3, -0.25) is 0 Å². The van der Waals surface area contributed by atoms with Crippen LogP contribution in [0, 0.1) is 0 Å². The molecule has 0 spiro atoms. The van der Waals surface area contributed by atoms with Crippen LogP contribution in [0.1, 0.15) is 31.2 Å². The van der Waals surface area contributed by atoms with Crippen LogP contribution < -0.4 is 5.73 Å². The molecule has 2 rings (SSSR count). The lowest BCUT2D eigenvalue weighted by molar-refractivity contribution is -0.0514. The number of halogens is 3. The lowest BCUT2D eigenvalue weighted by Gasteiger charge is -2.37. The largest absolute Gasteiger partial charge is 0.321 e. The molecule has 2 N–H and O–H groups in total. The third kappa shape index (κ3) is 2.36. The minimum absolute atomic E-state index is 0.143. The van der Waals surface area contributed by atoms with Crippen molar-refractivity contribution < 1.29 is 8.78 Å². The van der Waals surface area contributed by atoms with Crippen LogP contribution in [-0.4, -0.2) is 5.92 Å². The number of hydrogen-bond donors (Lipinski definition) is 1. The van der Waals surface area contributed by atoms with Gasteiger partial charge in [0.25, 0.3) is 0 Å². The van der Waals surface area contributed by atoms with Crippen molar-refractivity contribution in [3.05, 3.63) is 34.9 Å². The van der Waals surface area contributed by atoms with Gasteiger partial charge in [-0.1, -0.05) is 23.7 Å². The standard InChI is InChI=1S/C12H14ClF2N/c13-10-3-1-2-9(8-10)11(16)4-6-12(14,15)7-5-11/h1-3,8H,4-7,16H2. The summed E-state index contributed by atoms with van der Waals surface area (Å²) < 4.78 is 26.1. The van der Waals surface area contributed by atoms with E-state index < -0.39 is 11.5 Å². The van der Waals surface area contributed by atoms with Gasteiger partial charge in [0.2, 0.25) is 5.92 Å². The highest BCUT2D eigenvalue weighted by molar-refractivity contribution is 6.30. The molecule has 1 aliphatic carbocycles. The van der Waals surface area contributed by atoms with Gasteiger partial charge in [-0.25, -0.2) is 8.78 Å². The zero-order valence-electron chi connectivity index (χ0n) is 8.85. The van der Waals surface area contributed by atoms with Crippen molar-refractivity contribution in [2.24, 2.45) is 5.73 Å². The lowest BCUT2D eigenvalue weighted by Crippen LogP contribution is -2.43. The number of alkyl halides is 2. The molecule has 1 aromatic carbocycles. The summed E-state index contributed by atoms with van der Waals surface area (Å²) >= 11 is 5.88. The molecule has 1 fully saturated rings. The van der Waals surface area contributed by atoms with Gasteiger partial charge in [0.1, 0.15) is 0 Å². The smallest absolute Gasteiger partial charge is 0.248 e. The fourth-order valence-electron chi connectivity index (χ4n) is 2.15. The molecule has 0 amide bonds. The van der Waals surface area contributed by atoms with Gasteiger partial charge in [-0.05, 0) is 30.5 Å². The Morgan fingerprint density at radius 3 is 2.31 bits per heavy atom. The second-order valence-corrected chi connectivity index (χ2v) is 4.96. The van der Waals surface area contributed by atoms with Gasteiger partial charge in [-0.15, -0.1) is 0 Å². The van der Waals surface area contributed by atoms with Crippen molar-refractivity contribution in [2.75, 3.05) is 0 Å². The Labute approximate surface area is 98.6 Å². The van der Waals surface area contributed by atoms with E-state index in [1.165, 1.54) is 0 Å². The fourth-order valence-corrected chi connectivity index (χ4v) is 2.34. The Hall–Kier alpha value is -0.670. The van der Waals surface area contributed by atoms with E-state index in [1.54, 1.807) is 18.2 Å². The Balaban J connectivity index is 2.21. The topological polar surface area (TPSA) is 26.0 Å². The Morgan fingerprint density at radius 1 is 1.12 bits per heavy atom. The predicted octanol–water partition coefficient (Wildman–Crippen LogP) is 3.70. The van der Waals surface area contributed by atoms with Crippen LogP contribution in [0.4, 0.5) is 8.78 Å². The highest BCUT2D eigenvalue weighted by Crippen LogP contribution is 2.42. The lowest BCUT2D eigenvalue weighted by atomic mass is 9.76. The van der Waals surface area contributed by atoms with Crippen LogP contribution in [0.3, 0.4) is 0 Å². The average molecular weight is 246 g/mol. The first-order valence-corrected chi connectivity index (χ1v) is 5.72. The molecule has 0 aliphatic heterocycles. The molecule has 0 radical (unpaired) electrons. The summed E-state index contributed by atoms with van der Waals surface area (Å²) in [7, 11) is 0. The molecule has 88 valence electrons. The minimum atomic E-state index is -2.55. The van der Waals surface area contributed by atoms with Crippen LogP contribution in [-0.2, 0) is 5.54 Å². The maximum absolute atomic E-state index is 13.1. The minimum Gasteiger partial charge on any atom is -0.321 e. The molecule has 4 heteroatoms. The van der Waals surface area contributed by atoms with E-state index in [2.05, 4.69) is 0 Å². The van der Waals surface area contributed by atoms with Gasteiger partial charge in [-0.2, -0.15) is 0 Å². The van der Waals surface area contributed by atoms with Crippen LogP contribution >= 0.6 is 11.6 Å². The van der Waals surface area contributed by atoms with Crippen LogP contribution in [0.2, 0.25) is 5.02 Å². The van der Waals surface area contributed by atoms with Crippen molar-refractivity contribution in [1.29, 1.82) is 0 Å². The fraction of sp³-hybridized carbons (Fsp3) is 0.500. The van der Waals surface area contributed by atoms with Crippen molar-refractivity contribution in [3.8, 4) is 0 Å². The summed E-state index contributed by atoms with van der Waals surface area (Å²) in [5.41, 5.74) is 6.39. The van der Waals surface area contributed by atoms with E-state index in [1.807, 2.05) is 6.07 Å². The number of rotatable bonds is 1. The third-order valence-electron chi connectivity index (χ3n) is 3.27. The Bertz CT molecular complexity index is 382. The Morgan fingerprint density at radius 2 is 1.75 bits per heavy atom. The van der Waals surface area contributed by atoms with E-state index in [4.69, 9.17) is 17.3 Å². The molecule has 16 heavy (non-hydrogen) atoms. The molecule has 1 aromatic rings. The second kappa shape index (κ2) is 3.97. The first-order valence-electron chi connectivity index (χ1n) is 5.34. The van der Waals surface area contributed by atoms with Gasteiger partial charge >= 0.3 is 0 Å². The summed E-state index contributed by atoms with van der Waals surface area (Å²) in [6.45, 7) is 0. The van der Waals surface area contributed by atoms with Crippen molar-refractivity contribution >= 4 is 11.6 Å². The molecule has 1 saturated carbocycles. The van der Waals surface area contributed by atoms with Crippen LogP contribution in [0.5, 0.6) is 0 Å². The van der Waals surface area contributed by atoms with Gasteiger partial charge < -0.3 is 5.73 Å². The quantitative estimate of drug-likeness (QED) is 0.802. The number of benzene rings is 1. The molecule has 0 heterocycles. The second-order valence-electron chi connectivity index (χ2n) is 4.52. The van der Waals surface area contributed by atoms with Crippen molar-refractivity contribution in [3.63, 3.8) is 0 Å². The summed E-state index contributed by atoms with van der Waals surface area (Å²) in [6, 6.07) is 7.19. The molecule has 0 atom stereocenters. The highest BCUT2D eigenvalue weighted by atomic mass is 35.5. The summed E-state index contributed by atoms with van der Waals surface area (Å²) in [5, 5.41) is 0.597. The van der Waals surface area contributed by atoms with Crippen LogP contribution in [0.25, 0.3) is 0 Å². The SMILES string of the molecule is NC1(c2cccc(Cl)c2)CCC(F)(F)CC1. The summed E-state index contributed by atoms with van der Waals surface area (Å²) in [5.74, 6) is -2.55. The maximum Gasteiger partial charge on any atom is 0.248 e. The monoisotopic (exact) mass is 245 g/mol. The molecule has 1 aliphatic rings. The third-order valence-corrected chi connectivity index (χ3v) is 3.51. The zero-order valence-corrected chi connectivity index (χ0v) is 9.61. The molecule has 0 bridgehead atoms. The number of nitrogens with two attached hydrogens (primary N) is 1. The first-order chi connectivity index (χ1) is 7.41. The number of hydrogen-bond acceptors (Lipinski definition) is 1. The highest BCUT2D eigenvalue weighted by Gasteiger charge is 2.41. The molecule has 0 aromatic heterocycles. The normalized spacial score (nSPS) is 23.0. The van der Waals surface area contributed by atoms with E-state index in [0.29, 0.717) is 17.9 Å². The van der Waals surface area contributed by atoms with Gasteiger partial charge in [0.15, 0.2) is 0 Å². The molecular weight excluding hydrogens is 232 g/mol. The Kier molecular flexibility index (Phi) is 2.93. The van der Waals surface area contributed by atoms with Crippen molar-refractivity contribution in [2.45, 2.75) is 37.1 Å². The molecule has 0 unspecified atom stereocenters. The van der Waals surface area contributed by atoms with E-state index >= 15 is 0 Å². The zero-order chi connectivity index (χ0) is 11.8. The van der Waals surface area contributed by atoms with Crippen LogP contribution in [0.15, 0.2) is 24.3 Å². The summed E-state index contributed by atoms with van der Waals surface area (Å²) in [4.78, 5) is 0. The van der Waals surface area contributed by atoms with E-state index in [-0.39, 0.29) is 12.8 Å². The predicted molar refractivity (Wildman–Crippen MR) is 60.7 cm³/mol. The van der Waals surface area contributed by atoms with E-state index in [9.17, 15) is 8.78 Å². The first kappa shape index (κ1) is 11.8. The maximum atomic E-state index is 13.1. The van der Waals surface area contributed by atoms with Gasteiger partial charge in [0.05, 0.1) is 0 Å².